The molecular formula is C21H23Cl2NO5S. The Labute approximate surface area is 186 Å². The molecule has 9 heteroatoms. The fourth-order valence-corrected chi connectivity index (χ4v) is 3.72. The number of nitrogens with one attached hydrogen (secondary N) is 1. The van der Waals surface area contributed by atoms with Gasteiger partial charge < -0.3 is 10.1 Å². The normalized spacial score (nSPS) is 13.5. The number of Topliss-reactive ketones (excluding diaryl/α,β-unsaturated/α-hetero) is 1. The summed E-state index contributed by atoms with van der Waals surface area (Å²) in [6, 6.07) is 11.6. The summed E-state index contributed by atoms with van der Waals surface area (Å²) in [6.07, 6.45) is 1.26. The Hall–Kier alpha value is -1.93. The molecule has 0 saturated carbocycles. The molecule has 0 aromatic heterocycles. The Balaban J connectivity index is 2.31. The lowest BCUT2D eigenvalue weighted by Crippen LogP contribution is -2.31. The molecule has 0 radical (unpaired) electrons. The molecule has 1 unspecified atom stereocenters. The van der Waals surface area contributed by atoms with E-state index < -0.39 is 21.3 Å². The van der Waals surface area contributed by atoms with Crippen molar-refractivity contribution in [3.8, 4) is 5.75 Å². The predicted molar refractivity (Wildman–Crippen MR) is 119 cm³/mol. The van der Waals surface area contributed by atoms with Gasteiger partial charge in [0.25, 0.3) is 10.1 Å². The Morgan fingerprint density at radius 3 is 2.43 bits per heavy atom. The lowest BCUT2D eigenvalue weighted by molar-refractivity contribution is 0.105. The summed E-state index contributed by atoms with van der Waals surface area (Å²) in [5.41, 5.74) is 0.140. The van der Waals surface area contributed by atoms with E-state index in [4.69, 9.17) is 37.5 Å². The number of benzene rings is 2. The van der Waals surface area contributed by atoms with Crippen LogP contribution >= 0.6 is 23.2 Å². The van der Waals surface area contributed by atoms with Crippen LogP contribution in [0.4, 0.5) is 0 Å². The topological polar surface area (TPSA) is 93.5 Å². The second-order valence-electron chi connectivity index (χ2n) is 7.18. The molecule has 0 heterocycles. The van der Waals surface area contributed by atoms with Gasteiger partial charge in [0.15, 0.2) is 0 Å². The van der Waals surface area contributed by atoms with Crippen LogP contribution in [-0.2, 0) is 19.7 Å². The van der Waals surface area contributed by atoms with Gasteiger partial charge in [0.05, 0.1) is 35.7 Å². The van der Waals surface area contributed by atoms with Crippen molar-refractivity contribution >= 4 is 44.8 Å². The molecule has 0 amide bonds. The molecule has 162 valence electrons. The van der Waals surface area contributed by atoms with E-state index in [0.717, 1.165) is 11.8 Å². The average Bonchev–Trinajstić information content (AvgIpc) is 2.68. The van der Waals surface area contributed by atoms with Crippen LogP contribution in [0.25, 0.3) is 0 Å². The molecule has 0 aliphatic carbocycles. The first-order valence-electron chi connectivity index (χ1n) is 9.01. The highest BCUT2D eigenvalue weighted by atomic mass is 35.5. The number of carbonyl (C=O) groups excluding carboxylic acids is 1. The highest BCUT2D eigenvalue weighted by Gasteiger charge is 2.31. The van der Waals surface area contributed by atoms with Gasteiger partial charge in [-0.3, -0.25) is 8.98 Å². The van der Waals surface area contributed by atoms with Gasteiger partial charge in [-0.2, -0.15) is 8.42 Å². The Bertz CT molecular complexity index is 1060. The molecule has 30 heavy (non-hydrogen) atoms. The van der Waals surface area contributed by atoms with Crippen molar-refractivity contribution in [2.24, 2.45) is 0 Å². The van der Waals surface area contributed by atoms with E-state index in [9.17, 15) is 13.2 Å². The zero-order valence-corrected chi connectivity index (χ0v) is 19.2. The van der Waals surface area contributed by atoms with E-state index in [2.05, 4.69) is 0 Å². The molecule has 0 saturated heterocycles. The van der Waals surface area contributed by atoms with Crippen molar-refractivity contribution in [2.75, 3.05) is 20.0 Å². The third-order valence-electron chi connectivity index (χ3n) is 4.74. The number of carbonyl (C=O) groups is 1. The summed E-state index contributed by atoms with van der Waals surface area (Å²) in [4.78, 5) is 12.8. The lowest BCUT2D eigenvalue weighted by atomic mass is 9.74. The van der Waals surface area contributed by atoms with Crippen molar-refractivity contribution in [3.05, 3.63) is 63.6 Å². The van der Waals surface area contributed by atoms with E-state index in [1.807, 2.05) is 6.92 Å². The summed E-state index contributed by atoms with van der Waals surface area (Å²) in [6.45, 7) is 1.72. The van der Waals surface area contributed by atoms with E-state index in [1.54, 1.807) is 42.5 Å². The second-order valence-corrected chi connectivity index (χ2v) is 9.64. The lowest BCUT2D eigenvalue weighted by Gasteiger charge is -2.30. The van der Waals surface area contributed by atoms with Crippen molar-refractivity contribution < 1.29 is 22.1 Å². The molecule has 0 bridgehead atoms. The number of halogens is 2. The van der Waals surface area contributed by atoms with E-state index >= 15 is 0 Å². The minimum Gasteiger partial charge on any atom is -0.497 e. The highest BCUT2D eigenvalue weighted by molar-refractivity contribution is 7.85. The van der Waals surface area contributed by atoms with Crippen LogP contribution in [0.3, 0.4) is 0 Å². The number of rotatable bonds is 10. The third-order valence-corrected chi connectivity index (χ3v) is 6.07. The zero-order chi connectivity index (χ0) is 22.5. The fourth-order valence-electron chi connectivity index (χ4n) is 3.03. The van der Waals surface area contributed by atoms with E-state index in [1.165, 1.54) is 7.11 Å². The Kier molecular flexibility index (Phi) is 8.05. The molecule has 2 aromatic carbocycles. The van der Waals surface area contributed by atoms with Gasteiger partial charge in [-0.25, -0.2) is 0 Å². The van der Waals surface area contributed by atoms with Gasteiger partial charge in [-0.15, -0.1) is 0 Å². The molecule has 2 rings (SSSR count). The van der Waals surface area contributed by atoms with Crippen LogP contribution < -0.4 is 4.74 Å². The summed E-state index contributed by atoms with van der Waals surface area (Å²) in [7, 11) is -2.12. The van der Waals surface area contributed by atoms with Gasteiger partial charge >= 0.3 is 0 Å². The number of methoxy groups -OCH3 is 1. The van der Waals surface area contributed by atoms with Crippen molar-refractivity contribution in [3.63, 3.8) is 0 Å². The van der Waals surface area contributed by atoms with Crippen molar-refractivity contribution in [1.29, 1.82) is 5.41 Å². The Morgan fingerprint density at radius 2 is 1.83 bits per heavy atom. The van der Waals surface area contributed by atoms with Gasteiger partial charge in [0.1, 0.15) is 5.75 Å². The Morgan fingerprint density at radius 1 is 1.13 bits per heavy atom. The fraction of sp³-hybridized carbons (Fsp3) is 0.333. The molecule has 2 aromatic rings. The van der Waals surface area contributed by atoms with Crippen LogP contribution in [0, 0.1) is 5.41 Å². The predicted octanol–water partition coefficient (Wildman–Crippen LogP) is 4.92. The molecule has 6 nitrogen and oxygen atoms in total. The molecular weight excluding hydrogens is 449 g/mol. The van der Waals surface area contributed by atoms with Gasteiger partial charge in [-0.1, -0.05) is 48.3 Å². The zero-order valence-electron chi connectivity index (χ0n) is 16.9. The van der Waals surface area contributed by atoms with Gasteiger partial charge in [0, 0.05) is 17.4 Å². The van der Waals surface area contributed by atoms with Crippen molar-refractivity contribution in [1.82, 2.24) is 0 Å². The maximum atomic E-state index is 12.8. The number of hydrogen-bond donors (Lipinski definition) is 1. The molecule has 0 aliphatic rings. The van der Waals surface area contributed by atoms with Crippen LogP contribution in [-0.4, -0.2) is 39.9 Å². The maximum absolute atomic E-state index is 12.8. The molecule has 0 spiro atoms. The van der Waals surface area contributed by atoms with E-state index in [0.29, 0.717) is 21.4 Å². The standard InChI is InChI=1S/C21H23Cl2NO5S/c1-21(9-10-29-30(3,26)27,15-7-8-17(22)18(23)12-15)13-19(24)20(25)14-5-4-6-16(11-14)28-2/h4-8,11-12,24H,9-10,13H2,1-3H3. The molecule has 0 fully saturated rings. The summed E-state index contributed by atoms with van der Waals surface area (Å²) in [5.74, 6) is 0.0756. The third kappa shape index (κ3) is 6.54. The van der Waals surface area contributed by atoms with E-state index in [-0.39, 0.29) is 25.2 Å². The van der Waals surface area contributed by atoms with Crippen LogP contribution in [0.1, 0.15) is 35.7 Å². The minimum absolute atomic E-state index is 0.0497. The summed E-state index contributed by atoms with van der Waals surface area (Å²) in [5, 5.41) is 9.11. The minimum atomic E-state index is -3.62. The van der Waals surface area contributed by atoms with Crippen LogP contribution in [0.2, 0.25) is 10.0 Å². The average molecular weight is 472 g/mol. The SMILES string of the molecule is COc1cccc(C(=O)C(=N)CC(C)(CCOS(C)(=O)=O)c2ccc(Cl)c(Cl)c2)c1. The van der Waals surface area contributed by atoms with Gasteiger partial charge in [0.2, 0.25) is 5.78 Å². The molecule has 1 N–H and O–H groups in total. The summed E-state index contributed by atoms with van der Waals surface area (Å²) >= 11 is 12.2. The second kappa shape index (κ2) is 9.92. The summed E-state index contributed by atoms with van der Waals surface area (Å²) < 4.78 is 32.8. The number of ether oxygens (including phenoxy) is 1. The van der Waals surface area contributed by atoms with Gasteiger partial charge in [-0.05, 0) is 36.2 Å². The maximum Gasteiger partial charge on any atom is 0.264 e. The first-order valence-corrected chi connectivity index (χ1v) is 11.6. The largest absolute Gasteiger partial charge is 0.497 e. The van der Waals surface area contributed by atoms with Crippen LogP contribution in [0.15, 0.2) is 42.5 Å². The smallest absolute Gasteiger partial charge is 0.264 e. The highest BCUT2D eigenvalue weighted by Crippen LogP contribution is 2.36. The van der Waals surface area contributed by atoms with Crippen LogP contribution in [0.5, 0.6) is 5.75 Å². The first-order chi connectivity index (χ1) is 13.9. The number of ketones is 1. The van der Waals surface area contributed by atoms with Crippen molar-refractivity contribution in [2.45, 2.75) is 25.2 Å². The molecule has 0 aliphatic heterocycles. The number of hydrogen-bond acceptors (Lipinski definition) is 6. The molecule has 1 atom stereocenters. The first kappa shape index (κ1) is 24.3. The monoisotopic (exact) mass is 471 g/mol. The quantitative estimate of drug-likeness (QED) is 0.301.